The number of hydrogen-bond donors (Lipinski definition) is 0. The summed E-state index contributed by atoms with van der Waals surface area (Å²) in [5, 5.41) is 8.00. The van der Waals surface area contributed by atoms with Crippen LogP contribution in [-0.4, -0.2) is 11.4 Å². The molecule has 2 heteroatoms. The predicted octanol–water partition coefficient (Wildman–Crippen LogP) is 1.37. The highest BCUT2D eigenvalue weighted by Crippen LogP contribution is 2.18. The molecule has 0 aromatic carbocycles. The number of hydrogen-bond acceptors (Lipinski definition) is 2. The third-order valence-corrected chi connectivity index (χ3v) is 1.28. The van der Waals surface area contributed by atoms with E-state index in [0.717, 1.165) is 0 Å². The van der Waals surface area contributed by atoms with Gasteiger partial charge in [-0.25, -0.2) is 0 Å². The molecule has 2 aliphatic rings. The molecule has 0 saturated heterocycles. The summed E-state index contributed by atoms with van der Waals surface area (Å²) in [6.07, 6.45) is 4.76. The van der Waals surface area contributed by atoms with Gasteiger partial charge in [0.15, 0.2) is 0 Å². The standard InChI is InChI=1S/C6H8N2/c1-2-5(1)7-8-6-3-4-6/h1-4H2. The lowest BCUT2D eigenvalue weighted by molar-refractivity contribution is 1.25. The average molecular weight is 108 g/mol. The monoisotopic (exact) mass is 108 g/mol. The Morgan fingerprint density at radius 1 is 0.750 bits per heavy atom. The van der Waals surface area contributed by atoms with Gasteiger partial charge in [-0.3, -0.25) is 0 Å². The lowest BCUT2D eigenvalue weighted by Gasteiger charge is -1.68. The maximum Gasteiger partial charge on any atom is 0.0413 e. The van der Waals surface area contributed by atoms with Gasteiger partial charge in [0.05, 0.1) is 0 Å². The molecule has 0 N–H and O–H groups in total. The quantitative estimate of drug-likeness (QED) is 0.453. The fourth-order valence-electron chi connectivity index (χ4n) is 0.453. The molecule has 0 bridgehead atoms. The fraction of sp³-hybridized carbons (Fsp3) is 0.667. The Morgan fingerprint density at radius 3 is 1.38 bits per heavy atom. The van der Waals surface area contributed by atoms with Crippen LogP contribution in [-0.2, 0) is 0 Å². The highest BCUT2D eigenvalue weighted by molar-refractivity contribution is 6.01. The van der Waals surface area contributed by atoms with Crippen molar-refractivity contribution in [3.8, 4) is 0 Å². The minimum atomic E-state index is 1.19. The minimum absolute atomic E-state index is 1.19. The van der Waals surface area contributed by atoms with Gasteiger partial charge in [0.2, 0.25) is 0 Å². The Kier molecular flexibility index (Phi) is 0.745. The van der Waals surface area contributed by atoms with E-state index in [1.54, 1.807) is 0 Å². The zero-order valence-corrected chi connectivity index (χ0v) is 4.72. The van der Waals surface area contributed by atoms with Crippen molar-refractivity contribution in [2.45, 2.75) is 25.7 Å². The molecule has 0 aromatic rings. The van der Waals surface area contributed by atoms with Gasteiger partial charge >= 0.3 is 0 Å². The van der Waals surface area contributed by atoms with E-state index in [9.17, 15) is 0 Å². The first-order valence-electron chi connectivity index (χ1n) is 3.06. The van der Waals surface area contributed by atoms with Crippen LogP contribution < -0.4 is 0 Å². The summed E-state index contributed by atoms with van der Waals surface area (Å²) in [5.41, 5.74) is 2.56. The molecule has 0 heterocycles. The van der Waals surface area contributed by atoms with E-state index in [2.05, 4.69) is 10.2 Å². The first-order valence-corrected chi connectivity index (χ1v) is 3.06. The van der Waals surface area contributed by atoms with E-state index >= 15 is 0 Å². The molecule has 0 atom stereocenters. The van der Waals surface area contributed by atoms with Gasteiger partial charge in [-0.1, -0.05) is 0 Å². The van der Waals surface area contributed by atoms with E-state index in [1.165, 1.54) is 37.1 Å². The summed E-state index contributed by atoms with van der Waals surface area (Å²) in [5.74, 6) is 0. The van der Waals surface area contributed by atoms with Crippen LogP contribution in [0.1, 0.15) is 25.7 Å². The summed E-state index contributed by atoms with van der Waals surface area (Å²) in [6.45, 7) is 0. The van der Waals surface area contributed by atoms with E-state index in [0.29, 0.717) is 0 Å². The maximum absolute atomic E-state index is 4.00. The van der Waals surface area contributed by atoms with E-state index in [4.69, 9.17) is 0 Å². The summed E-state index contributed by atoms with van der Waals surface area (Å²) in [6, 6.07) is 0. The normalized spacial score (nSPS) is 23.0. The lowest BCUT2D eigenvalue weighted by Crippen LogP contribution is -1.62. The Balaban J connectivity index is 1.99. The van der Waals surface area contributed by atoms with Gasteiger partial charge in [-0.05, 0) is 25.7 Å². The molecule has 2 rings (SSSR count). The molecule has 0 aliphatic heterocycles. The van der Waals surface area contributed by atoms with Gasteiger partial charge in [0.25, 0.3) is 0 Å². The van der Waals surface area contributed by atoms with Gasteiger partial charge in [-0.2, -0.15) is 10.2 Å². The summed E-state index contributed by atoms with van der Waals surface area (Å²) >= 11 is 0. The third kappa shape index (κ3) is 0.941. The van der Waals surface area contributed by atoms with Crippen molar-refractivity contribution in [1.29, 1.82) is 0 Å². The molecule has 0 unspecified atom stereocenters. The van der Waals surface area contributed by atoms with Crippen LogP contribution in [0.4, 0.5) is 0 Å². The smallest absolute Gasteiger partial charge is 0.0413 e. The molecule has 2 saturated carbocycles. The predicted molar refractivity (Wildman–Crippen MR) is 33.3 cm³/mol. The molecule has 2 fully saturated rings. The summed E-state index contributed by atoms with van der Waals surface area (Å²) in [7, 11) is 0. The Hall–Kier alpha value is -0.660. The van der Waals surface area contributed by atoms with E-state index in [-0.39, 0.29) is 0 Å². The zero-order valence-electron chi connectivity index (χ0n) is 4.72. The van der Waals surface area contributed by atoms with Gasteiger partial charge in [0.1, 0.15) is 0 Å². The van der Waals surface area contributed by atoms with Gasteiger partial charge < -0.3 is 0 Å². The topological polar surface area (TPSA) is 24.7 Å². The second-order valence-electron chi connectivity index (χ2n) is 2.33. The van der Waals surface area contributed by atoms with Crippen LogP contribution >= 0.6 is 0 Å². The lowest BCUT2D eigenvalue weighted by atomic mass is 10.9. The van der Waals surface area contributed by atoms with Crippen molar-refractivity contribution in [2.75, 3.05) is 0 Å². The number of nitrogens with zero attached hydrogens (tertiary/aromatic N) is 2. The minimum Gasteiger partial charge on any atom is -0.160 e. The highest BCUT2D eigenvalue weighted by Gasteiger charge is 2.15. The first-order chi connectivity index (χ1) is 3.95. The Labute approximate surface area is 48.3 Å². The van der Waals surface area contributed by atoms with Crippen molar-refractivity contribution in [1.82, 2.24) is 0 Å². The molecule has 0 spiro atoms. The molecule has 2 nitrogen and oxygen atoms in total. The summed E-state index contributed by atoms with van der Waals surface area (Å²) < 4.78 is 0. The second-order valence-corrected chi connectivity index (χ2v) is 2.33. The van der Waals surface area contributed by atoms with Crippen LogP contribution in [0.25, 0.3) is 0 Å². The molecule has 8 heavy (non-hydrogen) atoms. The van der Waals surface area contributed by atoms with Crippen molar-refractivity contribution < 1.29 is 0 Å². The van der Waals surface area contributed by atoms with Gasteiger partial charge in [-0.15, -0.1) is 0 Å². The largest absolute Gasteiger partial charge is 0.160 e. The Bertz CT molecular complexity index is 135. The molecule has 0 aromatic heterocycles. The molecule has 0 amide bonds. The van der Waals surface area contributed by atoms with Crippen LogP contribution in [0.5, 0.6) is 0 Å². The zero-order chi connectivity index (χ0) is 5.40. The molecular formula is C6H8N2. The fourth-order valence-corrected chi connectivity index (χ4v) is 0.453. The van der Waals surface area contributed by atoms with Crippen molar-refractivity contribution >= 4 is 11.4 Å². The van der Waals surface area contributed by atoms with Crippen LogP contribution in [0.2, 0.25) is 0 Å². The van der Waals surface area contributed by atoms with Crippen molar-refractivity contribution in [3.05, 3.63) is 0 Å². The number of rotatable bonds is 1. The molecular weight excluding hydrogens is 100 g/mol. The summed E-state index contributed by atoms with van der Waals surface area (Å²) in [4.78, 5) is 0. The van der Waals surface area contributed by atoms with Gasteiger partial charge in [0, 0.05) is 11.4 Å². The van der Waals surface area contributed by atoms with Crippen molar-refractivity contribution in [3.63, 3.8) is 0 Å². The molecule has 0 radical (unpaired) electrons. The Morgan fingerprint density at radius 2 is 1.12 bits per heavy atom. The van der Waals surface area contributed by atoms with Crippen LogP contribution in [0.3, 0.4) is 0 Å². The van der Waals surface area contributed by atoms with E-state index < -0.39 is 0 Å². The second kappa shape index (κ2) is 1.41. The van der Waals surface area contributed by atoms with Crippen LogP contribution in [0.15, 0.2) is 10.2 Å². The van der Waals surface area contributed by atoms with E-state index in [1.807, 2.05) is 0 Å². The van der Waals surface area contributed by atoms with Crippen LogP contribution in [0, 0.1) is 0 Å². The molecule has 42 valence electrons. The third-order valence-electron chi connectivity index (χ3n) is 1.28. The average Bonchev–Trinajstić information content (AvgIpc) is 2.60. The van der Waals surface area contributed by atoms with Crippen molar-refractivity contribution in [2.24, 2.45) is 10.2 Å². The SMILES string of the molecule is C1CC1=NN=C1CC1. The maximum atomic E-state index is 4.00. The molecule has 2 aliphatic carbocycles. The highest BCUT2D eigenvalue weighted by atomic mass is 15.2. The first kappa shape index (κ1) is 4.24.